The molecule has 0 amide bonds. The largest absolute Gasteiger partial charge is 0.428 e. The standard InChI is InChI=1S/C12H14F3NO/c1-17-11(12(13,14)15)16-7-6-9-4-2-3-5-10(9)8-16/h2-5,11H,6-8H2,1H3. The number of methoxy groups -OCH3 is 1. The summed E-state index contributed by atoms with van der Waals surface area (Å²) in [6.45, 7) is 0.656. The molecule has 0 bridgehead atoms. The number of hydrogen-bond donors (Lipinski definition) is 0. The van der Waals surface area contributed by atoms with E-state index < -0.39 is 12.4 Å². The van der Waals surface area contributed by atoms with Crippen molar-refractivity contribution in [3.8, 4) is 0 Å². The van der Waals surface area contributed by atoms with E-state index in [1.54, 1.807) is 0 Å². The van der Waals surface area contributed by atoms with Crippen molar-refractivity contribution in [3.05, 3.63) is 35.4 Å². The van der Waals surface area contributed by atoms with Gasteiger partial charge in [0.05, 0.1) is 0 Å². The first-order valence-corrected chi connectivity index (χ1v) is 5.42. The zero-order valence-electron chi connectivity index (χ0n) is 9.50. The Morgan fingerprint density at radius 2 is 1.88 bits per heavy atom. The van der Waals surface area contributed by atoms with Crippen LogP contribution in [0.25, 0.3) is 0 Å². The van der Waals surface area contributed by atoms with Gasteiger partial charge in [-0.15, -0.1) is 0 Å². The normalized spacial score (nSPS) is 18.8. The maximum atomic E-state index is 12.7. The zero-order chi connectivity index (χ0) is 12.5. The molecule has 1 aliphatic rings. The molecule has 0 spiro atoms. The van der Waals surface area contributed by atoms with E-state index in [2.05, 4.69) is 4.74 Å². The molecule has 2 nitrogen and oxygen atoms in total. The summed E-state index contributed by atoms with van der Waals surface area (Å²) in [5.41, 5.74) is 2.07. The number of ether oxygens (including phenoxy) is 1. The lowest BCUT2D eigenvalue weighted by molar-refractivity contribution is -0.261. The van der Waals surface area contributed by atoms with E-state index in [4.69, 9.17) is 0 Å². The summed E-state index contributed by atoms with van der Waals surface area (Å²) < 4.78 is 42.7. The van der Waals surface area contributed by atoms with Crippen molar-refractivity contribution in [1.82, 2.24) is 4.90 Å². The molecule has 0 radical (unpaired) electrons. The third-order valence-electron chi connectivity index (χ3n) is 3.00. The second-order valence-corrected chi connectivity index (χ2v) is 4.12. The van der Waals surface area contributed by atoms with Crippen LogP contribution in [0.1, 0.15) is 11.1 Å². The lowest BCUT2D eigenvalue weighted by Crippen LogP contribution is -2.48. The van der Waals surface area contributed by atoms with Crippen LogP contribution >= 0.6 is 0 Å². The first-order valence-electron chi connectivity index (χ1n) is 5.42. The molecule has 0 saturated heterocycles. The van der Waals surface area contributed by atoms with E-state index in [-0.39, 0.29) is 6.54 Å². The molecule has 0 aromatic heterocycles. The van der Waals surface area contributed by atoms with Gasteiger partial charge in [-0.25, -0.2) is 0 Å². The van der Waals surface area contributed by atoms with E-state index in [9.17, 15) is 13.2 Å². The van der Waals surface area contributed by atoms with E-state index in [0.717, 1.165) is 18.2 Å². The minimum atomic E-state index is -4.35. The molecule has 1 aliphatic heterocycles. The monoisotopic (exact) mass is 245 g/mol. The third kappa shape index (κ3) is 2.61. The number of alkyl halides is 3. The van der Waals surface area contributed by atoms with Crippen molar-refractivity contribution in [1.29, 1.82) is 0 Å². The molecule has 1 aromatic carbocycles. The SMILES string of the molecule is COC(N1CCc2ccccc2C1)C(F)(F)F. The molecule has 0 N–H and O–H groups in total. The van der Waals surface area contributed by atoms with Gasteiger partial charge in [-0.2, -0.15) is 13.2 Å². The van der Waals surface area contributed by atoms with Gasteiger partial charge in [-0.05, 0) is 17.5 Å². The van der Waals surface area contributed by atoms with E-state index in [1.807, 2.05) is 24.3 Å². The van der Waals surface area contributed by atoms with Crippen molar-refractivity contribution in [2.75, 3.05) is 13.7 Å². The Labute approximate surface area is 98.0 Å². The fraction of sp³-hybridized carbons (Fsp3) is 0.500. The van der Waals surface area contributed by atoms with E-state index in [0.29, 0.717) is 13.0 Å². The minimum Gasteiger partial charge on any atom is -0.357 e. The molecule has 5 heteroatoms. The minimum absolute atomic E-state index is 0.286. The van der Waals surface area contributed by atoms with Gasteiger partial charge < -0.3 is 4.74 Å². The Morgan fingerprint density at radius 3 is 2.47 bits per heavy atom. The van der Waals surface area contributed by atoms with Gasteiger partial charge in [0, 0.05) is 20.2 Å². The molecule has 0 aliphatic carbocycles. The summed E-state index contributed by atoms with van der Waals surface area (Å²) >= 11 is 0. The molecular formula is C12H14F3NO. The van der Waals surface area contributed by atoms with Gasteiger partial charge in [0.2, 0.25) is 6.23 Å². The van der Waals surface area contributed by atoms with Crippen LogP contribution in [0, 0.1) is 0 Å². The number of hydrogen-bond acceptors (Lipinski definition) is 2. The molecule has 1 aromatic rings. The van der Waals surface area contributed by atoms with Crippen LogP contribution in [-0.2, 0) is 17.7 Å². The molecule has 1 heterocycles. The average molecular weight is 245 g/mol. The highest BCUT2D eigenvalue weighted by Gasteiger charge is 2.44. The second kappa shape index (κ2) is 4.66. The first-order chi connectivity index (χ1) is 8.02. The van der Waals surface area contributed by atoms with Crippen LogP contribution in [0.15, 0.2) is 24.3 Å². The van der Waals surface area contributed by atoms with E-state index >= 15 is 0 Å². The molecule has 1 unspecified atom stereocenters. The van der Waals surface area contributed by atoms with Crippen molar-refractivity contribution < 1.29 is 17.9 Å². The number of fused-ring (bicyclic) bond motifs is 1. The van der Waals surface area contributed by atoms with Gasteiger partial charge >= 0.3 is 6.18 Å². The van der Waals surface area contributed by atoms with Crippen LogP contribution in [-0.4, -0.2) is 31.0 Å². The van der Waals surface area contributed by atoms with Gasteiger partial charge in [-0.1, -0.05) is 24.3 Å². The number of halogens is 3. The zero-order valence-corrected chi connectivity index (χ0v) is 9.50. The Kier molecular flexibility index (Phi) is 3.40. The predicted octanol–water partition coefficient (Wildman–Crippen LogP) is 2.58. The summed E-state index contributed by atoms with van der Waals surface area (Å²) in [4.78, 5) is 1.32. The van der Waals surface area contributed by atoms with E-state index in [1.165, 1.54) is 4.90 Å². The van der Waals surface area contributed by atoms with Crippen LogP contribution < -0.4 is 0 Å². The van der Waals surface area contributed by atoms with Crippen LogP contribution in [0.3, 0.4) is 0 Å². The molecular weight excluding hydrogens is 231 g/mol. The smallest absolute Gasteiger partial charge is 0.357 e. The number of rotatable bonds is 2. The van der Waals surface area contributed by atoms with Gasteiger partial charge in [0.1, 0.15) is 0 Å². The van der Waals surface area contributed by atoms with Gasteiger partial charge in [-0.3, -0.25) is 4.90 Å². The highest BCUT2D eigenvalue weighted by atomic mass is 19.4. The molecule has 0 saturated carbocycles. The second-order valence-electron chi connectivity index (χ2n) is 4.12. The van der Waals surface area contributed by atoms with Crippen LogP contribution in [0.2, 0.25) is 0 Å². The summed E-state index contributed by atoms with van der Waals surface area (Å²) in [5, 5.41) is 0. The topological polar surface area (TPSA) is 12.5 Å². The molecule has 94 valence electrons. The quantitative estimate of drug-likeness (QED) is 0.794. The van der Waals surface area contributed by atoms with Gasteiger partial charge in [0.15, 0.2) is 0 Å². The fourth-order valence-electron chi connectivity index (χ4n) is 2.21. The number of nitrogens with zero attached hydrogens (tertiary/aromatic N) is 1. The highest BCUT2D eigenvalue weighted by molar-refractivity contribution is 5.29. The maximum absolute atomic E-state index is 12.7. The summed E-state index contributed by atoms with van der Waals surface area (Å²) in [7, 11) is 1.10. The summed E-state index contributed by atoms with van der Waals surface area (Å²) in [5.74, 6) is 0. The maximum Gasteiger partial charge on any atom is 0.428 e. The van der Waals surface area contributed by atoms with Crippen molar-refractivity contribution >= 4 is 0 Å². The summed E-state index contributed by atoms with van der Waals surface area (Å²) in [6, 6.07) is 7.58. The van der Waals surface area contributed by atoms with Crippen molar-refractivity contribution in [3.63, 3.8) is 0 Å². The Bertz CT molecular complexity index is 392. The lowest BCUT2D eigenvalue weighted by Gasteiger charge is -2.35. The highest BCUT2D eigenvalue weighted by Crippen LogP contribution is 2.29. The number of benzene rings is 1. The third-order valence-corrected chi connectivity index (χ3v) is 3.00. The molecule has 1 atom stereocenters. The van der Waals surface area contributed by atoms with Crippen LogP contribution in [0.4, 0.5) is 13.2 Å². The lowest BCUT2D eigenvalue weighted by atomic mass is 10.00. The van der Waals surface area contributed by atoms with Gasteiger partial charge in [0.25, 0.3) is 0 Å². The summed E-state index contributed by atoms with van der Waals surface area (Å²) in [6.07, 6.45) is -5.52. The Balaban J connectivity index is 2.16. The van der Waals surface area contributed by atoms with Crippen molar-refractivity contribution in [2.24, 2.45) is 0 Å². The Morgan fingerprint density at radius 1 is 1.24 bits per heavy atom. The van der Waals surface area contributed by atoms with Crippen molar-refractivity contribution in [2.45, 2.75) is 25.4 Å². The molecule has 0 fully saturated rings. The Hall–Kier alpha value is -1.07. The van der Waals surface area contributed by atoms with Crippen LogP contribution in [0.5, 0.6) is 0 Å². The average Bonchev–Trinajstić information content (AvgIpc) is 2.28. The molecule has 17 heavy (non-hydrogen) atoms. The first kappa shape index (κ1) is 12.4. The fourth-order valence-corrected chi connectivity index (χ4v) is 2.21. The predicted molar refractivity (Wildman–Crippen MR) is 57.4 cm³/mol. The molecule has 2 rings (SSSR count).